The van der Waals surface area contributed by atoms with Crippen LogP contribution in [0.1, 0.15) is 29.5 Å². The number of nitrogens with one attached hydrogen (secondary N) is 1. The van der Waals surface area contributed by atoms with E-state index in [1.54, 1.807) is 7.11 Å². The predicted octanol–water partition coefficient (Wildman–Crippen LogP) is 4.37. The molecule has 0 saturated heterocycles. The van der Waals surface area contributed by atoms with E-state index >= 15 is 0 Å². The van der Waals surface area contributed by atoms with E-state index in [0.717, 1.165) is 27.7 Å². The maximum Gasteiger partial charge on any atom is 0.307 e. The van der Waals surface area contributed by atoms with E-state index in [9.17, 15) is 9.59 Å². The van der Waals surface area contributed by atoms with Gasteiger partial charge < -0.3 is 19.2 Å². The lowest BCUT2D eigenvalue weighted by molar-refractivity contribution is -0.141. The third-order valence-corrected chi connectivity index (χ3v) is 5.44. The fourth-order valence-electron chi connectivity index (χ4n) is 2.89. The van der Waals surface area contributed by atoms with Crippen LogP contribution < -0.4 is 10.1 Å². The van der Waals surface area contributed by atoms with Gasteiger partial charge in [-0.15, -0.1) is 11.3 Å². The number of carbonyl (C=O) groups is 2. The molecule has 0 radical (unpaired) electrons. The lowest BCUT2D eigenvalue weighted by Crippen LogP contribution is -2.30. The first-order valence-corrected chi connectivity index (χ1v) is 10.1. The van der Waals surface area contributed by atoms with Gasteiger partial charge in [0, 0.05) is 23.3 Å². The van der Waals surface area contributed by atoms with E-state index in [-0.39, 0.29) is 30.8 Å². The Morgan fingerprint density at radius 1 is 1.10 bits per heavy atom. The molecular formula is C22H23NO5S. The van der Waals surface area contributed by atoms with Gasteiger partial charge in [0.05, 0.1) is 26.7 Å². The Bertz CT molecular complexity index is 931. The molecule has 3 aromatic rings. The highest BCUT2D eigenvalue weighted by molar-refractivity contribution is 7.10. The first-order chi connectivity index (χ1) is 14.1. The molecule has 2 heterocycles. The van der Waals surface area contributed by atoms with Crippen LogP contribution in [0.3, 0.4) is 0 Å². The Morgan fingerprint density at radius 2 is 1.90 bits per heavy atom. The highest BCUT2D eigenvalue weighted by Crippen LogP contribution is 2.25. The van der Waals surface area contributed by atoms with Gasteiger partial charge in [-0.25, -0.2) is 0 Å². The molecule has 7 heteroatoms. The summed E-state index contributed by atoms with van der Waals surface area (Å²) in [5, 5.41) is 4.83. The summed E-state index contributed by atoms with van der Waals surface area (Å²) in [6.45, 7) is 0. The number of hydrogen-bond acceptors (Lipinski definition) is 6. The molecule has 0 aliphatic carbocycles. The second-order valence-electron chi connectivity index (χ2n) is 6.41. The second-order valence-corrected chi connectivity index (χ2v) is 7.39. The van der Waals surface area contributed by atoms with E-state index in [4.69, 9.17) is 13.9 Å². The number of carbonyl (C=O) groups excluding carboxylic acids is 2. The van der Waals surface area contributed by atoms with Crippen LogP contribution in [0.25, 0.3) is 11.3 Å². The number of amides is 1. The number of aryl methyl sites for hydroxylation is 1. The molecule has 0 spiro atoms. The Kier molecular flexibility index (Phi) is 7.08. The minimum atomic E-state index is -0.388. The Balaban J connectivity index is 1.57. The van der Waals surface area contributed by atoms with Crippen LogP contribution in [0.5, 0.6) is 5.75 Å². The smallest absolute Gasteiger partial charge is 0.307 e. The molecule has 1 amide bonds. The monoisotopic (exact) mass is 413 g/mol. The molecule has 29 heavy (non-hydrogen) atoms. The fraction of sp³-hybridized carbons (Fsp3) is 0.273. The van der Waals surface area contributed by atoms with Crippen molar-refractivity contribution >= 4 is 23.2 Å². The van der Waals surface area contributed by atoms with E-state index in [1.807, 2.05) is 53.9 Å². The van der Waals surface area contributed by atoms with Crippen molar-refractivity contribution in [2.75, 3.05) is 14.2 Å². The van der Waals surface area contributed by atoms with Crippen LogP contribution in [-0.2, 0) is 20.7 Å². The van der Waals surface area contributed by atoms with Crippen LogP contribution in [0.4, 0.5) is 0 Å². The zero-order valence-electron chi connectivity index (χ0n) is 16.3. The first kappa shape index (κ1) is 20.7. The minimum Gasteiger partial charge on any atom is -0.497 e. The van der Waals surface area contributed by atoms with Gasteiger partial charge in [0.25, 0.3) is 0 Å². The fourth-order valence-corrected chi connectivity index (χ4v) is 3.67. The van der Waals surface area contributed by atoms with E-state index < -0.39 is 0 Å². The summed E-state index contributed by atoms with van der Waals surface area (Å²) in [6.07, 6.45) is 0.834. The maximum atomic E-state index is 12.4. The molecule has 0 aliphatic heterocycles. The minimum absolute atomic E-state index is 0.102. The molecule has 0 aliphatic rings. The summed E-state index contributed by atoms with van der Waals surface area (Å²) >= 11 is 1.49. The first-order valence-electron chi connectivity index (χ1n) is 9.21. The number of benzene rings is 1. The highest BCUT2D eigenvalue weighted by Gasteiger charge is 2.20. The molecule has 0 bridgehead atoms. The van der Waals surface area contributed by atoms with E-state index in [1.165, 1.54) is 18.4 Å². The highest BCUT2D eigenvalue weighted by atomic mass is 32.1. The van der Waals surface area contributed by atoms with Gasteiger partial charge in [-0.2, -0.15) is 0 Å². The summed E-state index contributed by atoms with van der Waals surface area (Å²) in [6, 6.07) is 14.7. The molecule has 1 N–H and O–H groups in total. The number of thiophene rings is 1. The second kappa shape index (κ2) is 9.93. The summed E-state index contributed by atoms with van der Waals surface area (Å²) in [5.74, 6) is 1.75. The van der Waals surface area contributed by atoms with Gasteiger partial charge in [0.1, 0.15) is 17.3 Å². The zero-order chi connectivity index (χ0) is 20.6. The number of ether oxygens (including phenoxy) is 2. The van der Waals surface area contributed by atoms with Crippen LogP contribution in [0, 0.1) is 0 Å². The third kappa shape index (κ3) is 5.71. The topological polar surface area (TPSA) is 77.8 Å². The van der Waals surface area contributed by atoms with Crippen LogP contribution in [0.15, 0.2) is 58.3 Å². The van der Waals surface area contributed by atoms with Crippen LogP contribution in [-0.4, -0.2) is 26.1 Å². The number of rotatable bonds is 9. The summed E-state index contributed by atoms with van der Waals surface area (Å²) < 4.78 is 15.8. The molecule has 1 atom stereocenters. The lowest BCUT2D eigenvalue weighted by atomic mass is 10.1. The summed E-state index contributed by atoms with van der Waals surface area (Å²) in [7, 11) is 2.96. The maximum absolute atomic E-state index is 12.4. The van der Waals surface area contributed by atoms with Crippen LogP contribution >= 0.6 is 11.3 Å². The number of hydrogen-bond donors (Lipinski definition) is 1. The molecule has 1 unspecified atom stereocenters. The molecular weight excluding hydrogens is 390 g/mol. The molecule has 6 nitrogen and oxygen atoms in total. The Labute approximate surface area is 173 Å². The number of methoxy groups -OCH3 is 2. The Hall–Kier alpha value is -3.06. The normalized spacial score (nSPS) is 11.7. The van der Waals surface area contributed by atoms with Gasteiger partial charge in [0.15, 0.2) is 0 Å². The average Bonchev–Trinajstić information content (AvgIpc) is 3.44. The number of furan rings is 1. The molecule has 3 rings (SSSR count). The van der Waals surface area contributed by atoms with E-state index in [2.05, 4.69) is 5.32 Å². The number of esters is 1. The quantitative estimate of drug-likeness (QED) is 0.527. The molecule has 0 saturated carbocycles. The van der Waals surface area contributed by atoms with Crippen molar-refractivity contribution in [3.8, 4) is 17.1 Å². The summed E-state index contributed by atoms with van der Waals surface area (Å²) in [5.41, 5.74) is 0.942. The zero-order valence-corrected chi connectivity index (χ0v) is 17.2. The van der Waals surface area contributed by atoms with Crippen molar-refractivity contribution in [3.05, 3.63) is 64.5 Å². The molecule has 1 aromatic carbocycles. The van der Waals surface area contributed by atoms with Gasteiger partial charge in [-0.3, -0.25) is 9.59 Å². The van der Waals surface area contributed by atoms with Gasteiger partial charge in [0.2, 0.25) is 5.91 Å². The van der Waals surface area contributed by atoms with Crippen molar-refractivity contribution < 1.29 is 23.5 Å². The largest absolute Gasteiger partial charge is 0.497 e. The predicted molar refractivity (Wildman–Crippen MR) is 111 cm³/mol. The average molecular weight is 413 g/mol. The van der Waals surface area contributed by atoms with Gasteiger partial charge in [-0.1, -0.05) is 6.07 Å². The molecule has 2 aromatic heterocycles. The standard InChI is InChI=1S/C22H23NO5S/c1-26-16-7-5-15(6-8-16)19-11-9-17(28-19)10-12-21(24)23-18(14-22(25)27-2)20-4-3-13-29-20/h3-9,11,13,18H,10,12,14H2,1-2H3,(H,23,24). The third-order valence-electron chi connectivity index (χ3n) is 4.45. The molecule has 0 fully saturated rings. The van der Waals surface area contributed by atoms with Gasteiger partial charge >= 0.3 is 5.97 Å². The van der Waals surface area contributed by atoms with Gasteiger partial charge in [-0.05, 0) is 47.8 Å². The Morgan fingerprint density at radius 3 is 2.55 bits per heavy atom. The van der Waals surface area contributed by atoms with Crippen molar-refractivity contribution in [1.29, 1.82) is 0 Å². The van der Waals surface area contributed by atoms with Crippen molar-refractivity contribution in [2.24, 2.45) is 0 Å². The van der Waals surface area contributed by atoms with Crippen molar-refractivity contribution in [1.82, 2.24) is 5.32 Å². The SMILES string of the molecule is COC(=O)CC(NC(=O)CCc1ccc(-c2ccc(OC)cc2)o1)c1cccs1. The van der Waals surface area contributed by atoms with Crippen molar-refractivity contribution in [3.63, 3.8) is 0 Å². The van der Waals surface area contributed by atoms with Crippen molar-refractivity contribution in [2.45, 2.75) is 25.3 Å². The molecule has 152 valence electrons. The van der Waals surface area contributed by atoms with Crippen LogP contribution in [0.2, 0.25) is 0 Å². The lowest BCUT2D eigenvalue weighted by Gasteiger charge is -2.16. The summed E-state index contributed by atoms with van der Waals surface area (Å²) in [4.78, 5) is 25.0. The van der Waals surface area contributed by atoms with E-state index in [0.29, 0.717) is 6.42 Å².